The van der Waals surface area contributed by atoms with Crippen molar-refractivity contribution < 1.29 is 23.8 Å². The number of ether oxygens (including phenoxy) is 3. The highest BCUT2D eigenvalue weighted by Crippen LogP contribution is 2.13. The van der Waals surface area contributed by atoms with Gasteiger partial charge in [0.05, 0.1) is 19.8 Å². The number of hydrogen-bond donors (Lipinski definition) is 4. The summed E-state index contributed by atoms with van der Waals surface area (Å²) >= 11 is 0. The molecule has 0 aliphatic rings. The first-order valence-electron chi connectivity index (χ1n) is 8.43. The molecule has 9 nitrogen and oxygen atoms in total. The van der Waals surface area contributed by atoms with Crippen molar-refractivity contribution in [2.75, 3.05) is 46.1 Å². The molecule has 1 rings (SSSR count). The molecule has 1 atom stereocenters. The molecule has 9 heteroatoms. The second kappa shape index (κ2) is 13.5. The minimum Gasteiger partial charge on any atom is -0.489 e. The predicted octanol–water partition coefficient (Wildman–Crippen LogP) is -1.18. The van der Waals surface area contributed by atoms with Crippen LogP contribution < -0.4 is 26.8 Å². The van der Waals surface area contributed by atoms with E-state index in [9.17, 15) is 9.59 Å². The fraction of sp³-hybridized carbons (Fsp3) is 0.444. The van der Waals surface area contributed by atoms with E-state index in [0.29, 0.717) is 24.4 Å². The molecule has 6 N–H and O–H groups in total. The Kier molecular flexibility index (Phi) is 11.2. The summed E-state index contributed by atoms with van der Waals surface area (Å²) in [5.74, 6) is 2.27. The molecule has 0 aromatic heterocycles. The minimum absolute atomic E-state index is 0.0938. The van der Waals surface area contributed by atoms with E-state index in [1.807, 2.05) is 0 Å². The molecule has 2 amide bonds. The number of nitrogens with one attached hydrogen (secondary N) is 2. The topological polar surface area (TPSA) is 138 Å². The normalized spacial score (nSPS) is 11.3. The number of rotatable bonds is 13. The van der Waals surface area contributed by atoms with Crippen molar-refractivity contribution in [1.29, 1.82) is 0 Å². The van der Waals surface area contributed by atoms with Crippen LogP contribution in [-0.2, 0) is 14.3 Å². The Morgan fingerprint density at radius 1 is 1.26 bits per heavy atom. The van der Waals surface area contributed by atoms with E-state index in [4.69, 9.17) is 32.1 Å². The molecular formula is C18H26N4O5. The average molecular weight is 378 g/mol. The first kappa shape index (κ1) is 22.4. The Bertz CT molecular complexity index is 632. The quantitative estimate of drug-likeness (QED) is 0.193. The van der Waals surface area contributed by atoms with Crippen molar-refractivity contribution in [3.63, 3.8) is 0 Å². The molecule has 27 heavy (non-hydrogen) atoms. The van der Waals surface area contributed by atoms with Gasteiger partial charge in [-0.05, 0) is 18.2 Å². The van der Waals surface area contributed by atoms with Gasteiger partial charge in [0.15, 0.2) is 0 Å². The van der Waals surface area contributed by atoms with E-state index in [1.165, 1.54) is 0 Å². The van der Waals surface area contributed by atoms with Crippen LogP contribution in [0.15, 0.2) is 24.3 Å². The molecule has 148 valence electrons. The van der Waals surface area contributed by atoms with Crippen molar-refractivity contribution in [2.45, 2.75) is 6.23 Å². The molecular weight excluding hydrogens is 352 g/mol. The lowest BCUT2D eigenvalue weighted by Gasteiger charge is -2.15. The average Bonchev–Trinajstić information content (AvgIpc) is 2.68. The molecule has 0 aliphatic heterocycles. The summed E-state index contributed by atoms with van der Waals surface area (Å²) in [6.45, 7) is 1.33. The molecule has 0 bridgehead atoms. The predicted molar refractivity (Wildman–Crippen MR) is 99.9 cm³/mol. The summed E-state index contributed by atoms with van der Waals surface area (Å²) in [7, 11) is 0. The summed E-state index contributed by atoms with van der Waals surface area (Å²) in [5.41, 5.74) is 11.6. The number of nitrogens with two attached hydrogens (primary N) is 2. The molecule has 0 spiro atoms. The van der Waals surface area contributed by atoms with Gasteiger partial charge in [0.1, 0.15) is 25.2 Å². The van der Waals surface area contributed by atoms with Gasteiger partial charge in [0.2, 0.25) is 5.91 Å². The molecule has 1 aromatic rings. The summed E-state index contributed by atoms with van der Waals surface area (Å²) in [6, 6.07) is 6.70. The van der Waals surface area contributed by atoms with Crippen molar-refractivity contribution in [3.8, 4) is 18.1 Å². The molecule has 0 heterocycles. The van der Waals surface area contributed by atoms with Crippen LogP contribution >= 0.6 is 0 Å². The van der Waals surface area contributed by atoms with Crippen LogP contribution in [0.5, 0.6) is 5.75 Å². The zero-order valence-electron chi connectivity index (χ0n) is 15.1. The van der Waals surface area contributed by atoms with Crippen LogP contribution in [0.1, 0.15) is 10.4 Å². The zero-order valence-corrected chi connectivity index (χ0v) is 15.1. The number of benzene rings is 1. The summed E-state index contributed by atoms with van der Waals surface area (Å²) < 4.78 is 16.0. The molecule has 0 aliphatic carbocycles. The van der Waals surface area contributed by atoms with Gasteiger partial charge in [0, 0.05) is 18.7 Å². The van der Waals surface area contributed by atoms with Crippen LogP contribution in [0.2, 0.25) is 0 Å². The Morgan fingerprint density at radius 3 is 2.81 bits per heavy atom. The molecule has 0 saturated carbocycles. The van der Waals surface area contributed by atoms with Gasteiger partial charge in [-0.15, -0.1) is 6.42 Å². The van der Waals surface area contributed by atoms with E-state index >= 15 is 0 Å². The molecule has 1 aromatic carbocycles. The van der Waals surface area contributed by atoms with Gasteiger partial charge < -0.3 is 36.3 Å². The van der Waals surface area contributed by atoms with Gasteiger partial charge in [-0.3, -0.25) is 9.59 Å². The number of hydrogen-bond acceptors (Lipinski definition) is 7. The maximum Gasteiger partial charge on any atom is 0.251 e. The monoisotopic (exact) mass is 378 g/mol. The number of amides is 2. The van der Waals surface area contributed by atoms with Gasteiger partial charge in [0.25, 0.3) is 5.91 Å². The van der Waals surface area contributed by atoms with E-state index < -0.39 is 6.23 Å². The Labute approximate surface area is 158 Å². The minimum atomic E-state index is -0.682. The fourth-order valence-corrected chi connectivity index (χ4v) is 1.87. The van der Waals surface area contributed by atoms with Crippen LogP contribution in [0, 0.1) is 12.3 Å². The molecule has 0 radical (unpaired) electrons. The third-order valence-electron chi connectivity index (χ3n) is 3.12. The van der Waals surface area contributed by atoms with E-state index in [-0.39, 0.29) is 44.8 Å². The van der Waals surface area contributed by atoms with E-state index in [1.54, 1.807) is 24.3 Å². The van der Waals surface area contributed by atoms with E-state index in [0.717, 1.165) is 0 Å². The summed E-state index contributed by atoms with van der Waals surface area (Å²) in [5, 5.41) is 5.15. The summed E-state index contributed by atoms with van der Waals surface area (Å²) in [4.78, 5) is 23.1. The largest absolute Gasteiger partial charge is 0.489 e. The second-order valence-electron chi connectivity index (χ2n) is 5.33. The Balaban J connectivity index is 2.22. The first-order chi connectivity index (χ1) is 13.1. The van der Waals surface area contributed by atoms with Gasteiger partial charge >= 0.3 is 0 Å². The van der Waals surface area contributed by atoms with E-state index in [2.05, 4.69) is 16.6 Å². The Morgan fingerprint density at radius 2 is 2.07 bits per heavy atom. The maximum atomic E-state index is 11.9. The van der Waals surface area contributed by atoms with Crippen molar-refractivity contribution in [3.05, 3.63) is 29.8 Å². The van der Waals surface area contributed by atoms with Crippen LogP contribution in [0.3, 0.4) is 0 Å². The summed E-state index contributed by atoms with van der Waals surface area (Å²) in [6.07, 6.45) is 4.34. The van der Waals surface area contributed by atoms with Gasteiger partial charge in [-0.1, -0.05) is 12.0 Å². The first-order valence-corrected chi connectivity index (χ1v) is 8.43. The standard InChI is InChI=1S/C18H26N4O5/c1-2-7-21-17(23)13-25-9-10-26-16(20)12-27-15-5-3-4-14(11-15)18(24)22-8-6-19/h1,3-5,11,16H,6-10,12-13,19-20H2,(H,21,23)(H,22,24). The van der Waals surface area contributed by atoms with Crippen LogP contribution in [-0.4, -0.2) is 64.1 Å². The lowest BCUT2D eigenvalue weighted by Crippen LogP contribution is -2.33. The number of terminal acetylenes is 1. The second-order valence-corrected chi connectivity index (χ2v) is 5.33. The van der Waals surface area contributed by atoms with Crippen LogP contribution in [0.4, 0.5) is 0 Å². The Hall–Kier alpha value is -2.64. The lowest BCUT2D eigenvalue weighted by atomic mass is 10.2. The maximum absolute atomic E-state index is 11.9. The number of carbonyl (C=O) groups excluding carboxylic acids is 2. The van der Waals surface area contributed by atoms with Crippen LogP contribution in [0.25, 0.3) is 0 Å². The van der Waals surface area contributed by atoms with Gasteiger partial charge in [-0.25, -0.2) is 0 Å². The highest BCUT2D eigenvalue weighted by Gasteiger charge is 2.08. The fourth-order valence-electron chi connectivity index (χ4n) is 1.87. The molecule has 1 unspecified atom stereocenters. The highest BCUT2D eigenvalue weighted by molar-refractivity contribution is 5.94. The molecule has 0 fully saturated rings. The SMILES string of the molecule is C#CCNC(=O)COCCOC(N)COc1cccc(C(=O)NCCN)c1. The van der Waals surface area contributed by atoms with Crippen molar-refractivity contribution in [2.24, 2.45) is 11.5 Å². The number of carbonyl (C=O) groups is 2. The van der Waals surface area contributed by atoms with Crippen molar-refractivity contribution in [1.82, 2.24) is 10.6 Å². The third-order valence-corrected chi connectivity index (χ3v) is 3.12. The van der Waals surface area contributed by atoms with Gasteiger partial charge in [-0.2, -0.15) is 0 Å². The zero-order chi connectivity index (χ0) is 19.9. The third kappa shape index (κ3) is 10.2. The highest BCUT2D eigenvalue weighted by atomic mass is 16.6. The molecule has 0 saturated heterocycles. The van der Waals surface area contributed by atoms with Crippen molar-refractivity contribution >= 4 is 11.8 Å². The lowest BCUT2D eigenvalue weighted by molar-refractivity contribution is -0.126. The smallest absolute Gasteiger partial charge is 0.251 e.